The molecule has 3 heterocycles. The zero-order valence-corrected chi connectivity index (χ0v) is 17.4. The summed E-state index contributed by atoms with van der Waals surface area (Å²) in [7, 11) is 4.18. The summed E-state index contributed by atoms with van der Waals surface area (Å²) < 4.78 is 2.23. The van der Waals surface area contributed by atoms with Crippen LogP contribution in [0.15, 0.2) is 12.4 Å². The third-order valence-electron chi connectivity index (χ3n) is 6.51. The molecule has 2 aliphatic rings. The minimum Gasteiger partial charge on any atom is -0.343 e. The molecule has 0 N–H and O–H groups in total. The number of carbonyl (C=O) groups is 1. The highest BCUT2D eigenvalue weighted by Gasteiger charge is 2.26. The molecule has 2 saturated heterocycles. The molecule has 1 atom stereocenters. The Bertz CT molecular complexity index is 593. The van der Waals surface area contributed by atoms with Gasteiger partial charge in [0.05, 0.1) is 6.54 Å². The average Bonchev–Trinajstić information content (AvgIpc) is 3.13. The minimum absolute atomic E-state index is 0.336. The maximum absolute atomic E-state index is 12.7. The fourth-order valence-electron chi connectivity index (χ4n) is 4.60. The van der Waals surface area contributed by atoms with Crippen LogP contribution in [0.25, 0.3) is 0 Å². The lowest BCUT2D eigenvalue weighted by atomic mass is 9.93. The van der Waals surface area contributed by atoms with Crippen LogP contribution < -0.4 is 0 Å². The van der Waals surface area contributed by atoms with Gasteiger partial charge < -0.3 is 14.4 Å². The van der Waals surface area contributed by atoms with Gasteiger partial charge in [0.2, 0.25) is 5.91 Å². The summed E-state index contributed by atoms with van der Waals surface area (Å²) in [5.41, 5.74) is 0. The number of piperidine rings is 2. The number of carbonyl (C=O) groups excluding carboxylic acids is 1. The molecule has 152 valence electrons. The molecule has 0 aliphatic carbocycles. The molecule has 0 saturated carbocycles. The molecule has 3 rings (SSSR count). The number of likely N-dealkylation sites (tertiary alicyclic amines) is 2. The maximum Gasteiger partial charge on any atom is 0.222 e. The standard InChI is InChI=1S/C21H37N5O/c1-4-26-15-11-22-20(26)17-25-12-5-6-18(16-25)7-8-21(27)24(3)19-9-13-23(2)14-10-19/h11,15,18-19H,4-10,12-14,16-17H2,1-3H3/t18-/m0/s1. The van der Waals surface area contributed by atoms with Gasteiger partial charge in [0.25, 0.3) is 0 Å². The molecular weight excluding hydrogens is 338 g/mol. The van der Waals surface area contributed by atoms with Gasteiger partial charge in [-0.3, -0.25) is 9.69 Å². The molecule has 0 aromatic carbocycles. The van der Waals surface area contributed by atoms with Crippen LogP contribution in [0.3, 0.4) is 0 Å². The third-order valence-corrected chi connectivity index (χ3v) is 6.51. The normalized spacial score (nSPS) is 22.9. The lowest BCUT2D eigenvalue weighted by Crippen LogP contribution is -2.44. The van der Waals surface area contributed by atoms with E-state index in [0.29, 0.717) is 24.3 Å². The monoisotopic (exact) mass is 375 g/mol. The number of hydrogen-bond donors (Lipinski definition) is 0. The van der Waals surface area contributed by atoms with Crippen molar-refractivity contribution in [1.29, 1.82) is 0 Å². The highest BCUT2D eigenvalue weighted by molar-refractivity contribution is 5.76. The number of imidazole rings is 1. The van der Waals surface area contributed by atoms with Crippen LogP contribution in [0, 0.1) is 5.92 Å². The van der Waals surface area contributed by atoms with Gasteiger partial charge in [0.1, 0.15) is 5.82 Å². The molecule has 1 aromatic heterocycles. The molecule has 1 amide bonds. The van der Waals surface area contributed by atoms with Crippen LogP contribution in [0.4, 0.5) is 0 Å². The van der Waals surface area contributed by atoms with E-state index in [0.717, 1.165) is 64.4 Å². The molecule has 1 aromatic rings. The highest BCUT2D eigenvalue weighted by atomic mass is 16.2. The van der Waals surface area contributed by atoms with Crippen molar-refractivity contribution in [3.8, 4) is 0 Å². The minimum atomic E-state index is 0.336. The topological polar surface area (TPSA) is 44.6 Å². The Morgan fingerprint density at radius 3 is 2.78 bits per heavy atom. The lowest BCUT2D eigenvalue weighted by molar-refractivity contribution is -0.133. The summed E-state index contributed by atoms with van der Waals surface area (Å²) >= 11 is 0. The number of aryl methyl sites for hydroxylation is 1. The first-order valence-electron chi connectivity index (χ1n) is 10.7. The number of rotatable bonds is 7. The lowest BCUT2D eigenvalue weighted by Gasteiger charge is -2.36. The summed E-state index contributed by atoms with van der Waals surface area (Å²) in [5, 5.41) is 0. The van der Waals surface area contributed by atoms with E-state index < -0.39 is 0 Å². The van der Waals surface area contributed by atoms with Crippen molar-refractivity contribution < 1.29 is 4.79 Å². The van der Waals surface area contributed by atoms with E-state index in [1.54, 1.807) is 0 Å². The smallest absolute Gasteiger partial charge is 0.222 e. The van der Waals surface area contributed by atoms with Crippen LogP contribution in [0.1, 0.15) is 51.3 Å². The van der Waals surface area contributed by atoms with Gasteiger partial charge in [0, 0.05) is 45.0 Å². The van der Waals surface area contributed by atoms with Gasteiger partial charge in [-0.15, -0.1) is 0 Å². The molecule has 6 nitrogen and oxygen atoms in total. The first-order valence-corrected chi connectivity index (χ1v) is 10.7. The van der Waals surface area contributed by atoms with Crippen LogP contribution >= 0.6 is 0 Å². The van der Waals surface area contributed by atoms with E-state index in [4.69, 9.17) is 0 Å². The van der Waals surface area contributed by atoms with Crippen molar-refractivity contribution in [3.63, 3.8) is 0 Å². The summed E-state index contributed by atoms with van der Waals surface area (Å²) in [6, 6.07) is 0.435. The second-order valence-corrected chi connectivity index (χ2v) is 8.45. The summed E-state index contributed by atoms with van der Waals surface area (Å²) in [6.07, 6.45) is 10.4. The fourth-order valence-corrected chi connectivity index (χ4v) is 4.60. The third kappa shape index (κ3) is 5.55. The Kier molecular flexibility index (Phi) is 7.30. The molecule has 0 radical (unpaired) electrons. The van der Waals surface area contributed by atoms with Crippen LogP contribution in [-0.4, -0.2) is 76.5 Å². The second kappa shape index (κ2) is 9.69. The van der Waals surface area contributed by atoms with Gasteiger partial charge in [-0.1, -0.05) is 0 Å². The Labute approximate surface area is 164 Å². The van der Waals surface area contributed by atoms with E-state index in [1.807, 2.05) is 18.1 Å². The van der Waals surface area contributed by atoms with E-state index in [-0.39, 0.29) is 0 Å². The van der Waals surface area contributed by atoms with Crippen LogP contribution in [0.5, 0.6) is 0 Å². The first kappa shape index (κ1) is 20.3. The van der Waals surface area contributed by atoms with Crippen molar-refractivity contribution >= 4 is 5.91 Å². The predicted octanol–water partition coefficient (Wildman–Crippen LogP) is 2.45. The number of amides is 1. The molecule has 27 heavy (non-hydrogen) atoms. The maximum atomic E-state index is 12.7. The molecule has 0 spiro atoms. The van der Waals surface area contributed by atoms with E-state index in [9.17, 15) is 4.79 Å². The van der Waals surface area contributed by atoms with Crippen molar-refractivity contribution in [2.45, 2.75) is 64.6 Å². The number of hydrogen-bond acceptors (Lipinski definition) is 4. The highest BCUT2D eigenvalue weighted by Crippen LogP contribution is 2.23. The Morgan fingerprint density at radius 1 is 1.26 bits per heavy atom. The molecular formula is C21H37N5O. The first-order chi connectivity index (χ1) is 13.1. The molecule has 0 unspecified atom stereocenters. The van der Waals surface area contributed by atoms with E-state index in [2.05, 4.69) is 39.5 Å². The number of nitrogens with zero attached hydrogens (tertiary/aromatic N) is 5. The van der Waals surface area contributed by atoms with Gasteiger partial charge in [-0.05, 0) is 71.6 Å². The number of aromatic nitrogens is 2. The summed E-state index contributed by atoms with van der Waals surface area (Å²) in [6.45, 7) is 8.53. The van der Waals surface area contributed by atoms with Gasteiger partial charge in [-0.25, -0.2) is 4.98 Å². The zero-order chi connectivity index (χ0) is 19.2. The van der Waals surface area contributed by atoms with Gasteiger partial charge >= 0.3 is 0 Å². The Morgan fingerprint density at radius 2 is 2.04 bits per heavy atom. The van der Waals surface area contributed by atoms with Crippen molar-refractivity contribution in [3.05, 3.63) is 18.2 Å². The fraction of sp³-hybridized carbons (Fsp3) is 0.810. The molecule has 6 heteroatoms. The van der Waals surface area contributed by atoms with E-state index >= 15 is 0 Å². The predicted molar refractivity (Wildman–Crippen MR) is 108 cm³/mol. The SMILES string of the molecule is CCn1ccnc1CN1CCC[C@@H](CCC(=O)N(C)C2CCN(C)CC2)C1. The molecule has 2 fully saturated rings. The van der Waals surface area contributed by atoms with E-state index in [1.165, 1.54) is 12.8 Å². The van der Waals surface area contributed by atoms with Gasteiger partial charge in [0.15, 0.2) is 0 Å². The quantitative estimate of drug-likeness (QED) is 0.734. The largest absolute Gasteiger partial charge is 0.343 e. The van der Waals surface area contributed by atoms with Crippen molar-refractivity contribution in [1.82, 2.24) is 24.3 Å². The second-order valence-electron chi connectivity index (χ2n) is 8.45. The summed E-state index contributed by atoms with van der Waals surface area (Å²) in [4.78, 5) is 24.1. The Hall–Kier alpha value is -1.40. The summed E-state index contributed by atoms with van der Waals surface area (Å²) in [5.74, 6) is 2.14. The van der Waals surface area contributed by atoms with Crippen molar-refractivity contribution in [2.75, 3.05) is 40.3 Å². The van der Waals surface area contributed by atoms with Crippen LogP contribution in [-0.2, 0) is 17.9 Å². The molecule has 0 bridgehead atoms. The average molecular weight is 376 g/mol. The van der Waals surface area contributed by atoms with Crippen molar-refractivity contribution in [2.24, 2.45) is 5.92 Å². The zero-order valence-electron chi connectivity index (χ0n) is 17.4. The Balaban J connectivity index is 1.43. The van der Waals surface area contributed by atoms with Gasteiger partial charge in [-0.2, -0.15) is 0 Å². The molecule has 2 aliphatic heterocycles. The van der Waals surface area contributed by atoms with Crippen LogP contribution in [0.2, 0.25) is 0 Å².